The molecule has 0 N–H and O–H groups in total. The number of hydrogen-bond donors (Lipinski definition) is 0. The standard InChI is InChI=1S/C19H30N6/c1-19(2,3)13-25-8-7-14(12-25)17-16(15-9-21-24(6)11-15)10-20-18(22-17)23(4)5/h9-11,14H,7-8,12-13H2,1-6H3. The normalized spacial score (nSPS) is 18.7. The van der Waals surface area contributed by atoms with Crippen molar-refractivity contribution in [3.05, 3.63) is 24.3 Å². The number of hydrogen-bond acceptors (Lipinski definition) is 5. The molecule has 25 heavy (non-hydrogen) atoms. The van der Waals surface area contributed by atoms with Gasteiger partial charge in [0.15, 0.2) is 0 Å². The summed E-state index contributed by atoms with van der Waals surface area (Å²) < 4.78 is 1.83. The topological polar surface area (TPSA) is 50.1 Å². The molecule has 6 nitrogen and oxygen atoms in total. The second-order valence-corrected chi connectivity index (χ2v) is 8.55. The Morgan fingerprint density at radius 2 is 2.00 bits per heavy atom. The number of likely N-dealkylation sites (tertiary alicyclic amines) is 1. The van der Waals surface area contributed by atoms with Gasteiger partial charge in [-0.3, -0.25) is 4.68 Å². The molecule has 2 aromatic heterocycles. The highest BCUT2D eigenvalue weighted by Gasteiger charge is 2.30. The van der Waals surface area contributed by atoms with E-state index >= 15 is 0 Å². The van der Waals surface area contributed by atoms with E-state index in [9.17, 15) is 0 Å². The zero-order valence-electron chi connectivity index (χ0n) is 16.3. The summed E-state index contributed by atoms with van der Waals surface area (Å²) in [5.41, 5.74) is 3.68. The SMILES string of the molecule is CN(C)c1ncc(-c2cnn(C)c2)c(C2CCN(CC(C)(C)C)C2)n1. The van der Waals surface area contributed by atoms with E-state index in [4.69, 9.17) is 4.98 Å². The van der Waals surface area contributed by atoms with E-state index in [1.165, 1.54) is 0 Å². The minimum atomic E-state index is 0.321. The van der Waals surface area contributed by atoms with Crippen molar-refractivity contribution in [2.24, 2.45) is 12.5 Å². The Kier molecular flexibility index (Phi) is 4.82. The Balaban J connectivity index is 1.92. The molecule has 1 aliphatic rings. The lowest BCUT2D eigenvalue weighted by atomic mass is 9.95. The molecular weight excluding hydrogens is 312 g/mol. The molecule has 1 aliphatic heterocycles. The Morgan fingerprint density at radius 3 is 2.60 bits per heavy atom. The quantitative estimate of drug-likeness (QED) is 0.855. The molecule has 0 saturated carbocycles. The second-order valence-electron chi connectivity index (χ2n) is 8.55. The molecule has 0 amide bonds. The fourth-order valence-electron chi connectivity index (χ4n) is 3.56. The van der Waals surface area contributed by atoms with E-state index < -0.39 is 0 Å². The molecule has 1 saturated heterocycles. The molecule has 3 heterocycles. The lowest BCUT2D eigenvalue weighted by Crippen LogP contribution is -2.30. The summed E-state index contributed by atoms with van der Waals surface area (Å²) in [6.07, 6.45) is 7.05. The molecule has 136 valence electrons. The molecule has 3 rings (SSSR count). The van der Waals surface area contributed by atoms with Crippen LogP contribution in [0.1, 0.15) is 38.8 Å². The van der Waals surface area contributed by atoms with E-state index in [0.29, 0.717) is 11.3 Å². The van der Waals surface area contributed by atoms with Gasteiger partial charge in [0, 0.05) is 63.7 Å². The Morgan fingerprint density at radius 1 is 1.24 bits per heavy atom. The van der Waals surface area contributed by atoms with Crippen LogP contribution in [0, 0.1) is 5.41 Å². The third-order valence-electron chi connectivity index (χ3n) is 4.58. The summed E-state index contributed by atoms with van der Waals surface area (Å²) in [7, 11) is 5.92. The molecule has 6 heteroatoms. The number of nitrogens with zero attached hydrogens (tertiary/aromatic N) is 6. The number of anilines is 1. The summed E-state index contributed by atoms with van der Waals surface area (Å²) in [6, 6.07) is 0. The first-order valence-electron chi connectivity index (χ1n) is 8.98. The first-order chi connectivity index (χ1) is 11.7. The van der Waals surface area contributed by atoms with Gasteiger partial charge >= 0.3 is 0 Å². The molecule has 2 aromatic rings. The molecule has 0 bridgehead atoms. The van der Waals surface area contributed by atoms with Crippen molar-refractivity contribution in [3.63, 3.8) is 0 Å². The molecule has 1 unspecified atom stereocenters. The van der Waals surface area contributed by atoms with E-state index in [1.807, 2.05) is 49.3 Å². The summed E-state index contributed by atoms with van der Waals surface area (Å²) >= 11 is 0. The van der Waals surface area contributed by atoms with Crippen LogP contribution in [0.4, 0.5) is 5.95 Å². The van der Waals surface area contributed by atoms with Gasteiger partial charge in [-0.1, -0.05) is 20.8 Å². The van der Waals surface area contributed by atoms with Crippen LogP contribution in [0.15, 0.2) is 18.6 Å². The van der Waals surface area contributed by atoms with Crippen molar-refractivity contribution < 1.29 is 0 Å². The maximum atomic E-state index is 4.92. The van der Waals surface area contributed by atoms with E-state index in [1.54, 1.807) is 0 Å². The first kappa shape index (κ1) is 17.9. The zero-order chi connectivity index (χ0) is 18.2. The van der Waals surface area contributed by atoms with Gasteiger partial charge in [-0.25, -0.2) is 9.97 Å². The predicted octanol–water partition coefficient (Wildman–Crippen LogP) is 2.78. The first-order valence-corrected chi connectivity index (χ1v) is 8.98. The third-order valence-corrected chi connectivity index (χ3v) is 4.58. The van der Waals surface area contributed by atoms with Crippen LogP contribution in [0.2, 0.25) is 0 Å². The number of aromatic nitrogens is 4. The van der Waals surface area contributed by atoms with Crippen LogP contribution < -0.4 is 4.90 Å². The smallest absolute Gasteiger partial charge is 0.225 e. The predicted molar refractivity (Wildman–Crippen MR) is 102 cm³/mol. The number of aryl methyl sites for hydroxylation is 1. The molecule has 0 aromatic carbocycles. The lowest BCUT2D eigenvalue weighted by molar-refractivity contribution is 0.225. The van der Waals surface area contributed by atoms with Crippen molar-refractivity contribution in [1.82, 2.24) is 24.6 Å². The van der Waals surface area contributed by atoms with Gasteiger partial charge < -0.3 is 9.80 Å². The van der Waals surface area contributed by atoms with Gasteiger partial charge in [0.1, 0.15) is 0 Å². The summed E-state index contributed by atoms with van der Waals surface area (Å²) in [5.74, 6) is 1.22. The van der Waals surface area contributed by atoms with Crippen molar-refractivity contribution in [2.45, 2.75) is 33.1 Å². The lowest BCUT2D eigenvalue weighted by Gasteiger charge is -2.26. The van der Waals surface area contributed by atoms with Gasteiger partial charge in [-0.15, -0.1) is 0 Å². The van der Waals surface area contributed by atoms with Crippen molar-refractivity contribution in [3.8, 4) is 11.1 Å². The minimum Gasteiger partial charge on any atom is -0.347 e. The monoisotopic (exact) mass is 342 g/mol. The Hall–Kier alpha value is -1.95. The molecular formula is C19H30N6. The highest BCUT2D eigenvalue weighted by molar-refractivity contribution is 5.65. The Bertz CT molecular complexity index is 728. The average Bonchev–Trinajstić information content (AvgIpc) is 3.14. The highest BCUT2D eigenvalue weighted by atomic mass is 15.2. The molecule has 1 fully saturated rings. The molecule has 0 aliphatic carbocycles. The largest absolute Gasteiger partial charge is 0.347 e. The van der Waals surface area contributed by atoms with Crippen molar-refractivity contribution >= 4 is 5.95 Å². The van der Waals surface area contributed by atoms with Crippen LogP contribution >= 0.6 is 0 Å². The Labute approximate surface area is 150 Å². The second kappa shape index (κ2) is 6.75. The molecule has 1 atom stereocenters. The van der Waals surface area contributed by atoms with Gasteiger partial charge in [-0.05, 0) is 18.4 Å². The fourth-order valence-corrected chi connectivity index (χ4v) is 3.56. The van der Waals surface area contributed by atoms with E-state index in [0.717, 1.165) is 48.8 Å². The van der Waals surface area contributed by atoms with Crippen LogP contribution in [0.25, 0.3) is 11.1 Å². The number of rotatable bonds is 4. The maximum absolute atomic E-state index is 4.92. The van der Waals surface area contributed by atoms with Crippen LogP contribution in [0.3, 0.4) is 0 Å². The molecule has 0 spiro atoms. The average molecular weight is 342 g/mol. The van der Waals surface area contributed by atoms with Crippen LogP contribution in [-0.2, 0) is 7.05 Å². The minimum absolute atomic E-state index is 0.321. The third kappa shape index (κ3) is 4.18. The van der Waals surface area contributed by atoms with Crippen LogP contribution in [0.5, 0.6) is 0 Å². The van der Waals surface area contributed by atoms with Gasteiger partial charge in [0.05, 0.1) is 11.9 Å². The van der Waals surface area contributed by atoms with Gasteiger partial charge in [0.2, 0.25) is 5.95 Å². The summed E-state index contributed by atoms with van der Waals surface area (Å²) in [4.78, 5) is 14.0. The zero-order valence-corrected chi connectivity index (χ0v) is 16.3. The molecule has 0 radical (unpaired) electrons. The van der Waals surface area contributed by atoms with Crippen LogP contribution in [-0.4, -0.2) is 58.4 Å². The fraction of sp³-hybridized carbons (Fsp3) is 0.632. The maximum Gasteiger partial charge on any atom is 0.225 e. The van der Waals surface area contributed by atoms with E-state index in [2.05, 4.69) is 35.8 Å². The van der Waals surface area contributed by atoms with Gasteiger partial charge in [0.25, 0.3) is 0 Å². The van der Waals surface area contributed by atoms with E-state index in [-0.39, 0.29) is 0 Å². The summed E-state index contributed by atoms with van der Waals surface area (Å²) in [5, 5.41) is 4.32. The van der Waals surface area contributed by atoms with Crippen molar-refractivity contribution in [1.29, 1.82) is 0 Å². The van der Waals surface area contributed by atoms with Crippen molar-refractivity contribution in [2.75, 3.05) is 38.6 Å². The highest BCUT2D eigenvalue weighted by Crippen LogP contribution is 2.34. The summed E-state index contributed by atoms with van der Waals surface area (Å²) in [6.45, 7) is 10.2. The van der Waals surface area contributed by atoms with Gasteiger partial charge in [-0.2, -0.15) is 5.10 Å².